The van der Waals surface area contributed by atoms with Crippen molar-refractivity contribution >= 4 is 75.9 Å². The topological polar surface area (TPSA) is 275 Å². The first-order valence-electron chi connectivity index (χ1n) is 17.0. The third kappa shape index (κ3) is 10.3. The molecule has 6 aromatic rings. The Labute approximate surface area is 378 Å². The van der Waals surface area contributed by atoms with Crippen LogP contribution < -0.4 is 90.3 Å². The molecule has 0 aromatic heterocycles. The standard InChI is InChI=1S/C38H36N6O10S2.2Na/c1-3-13-53-31-17-21(5-11-29(31)41-43-35-33(55(47,48)49)19-23-15-25(39)7-9-27(23)37(35)45)22-6-12-30(32(18-22)54-14-4-2)42-44-36-34(56(50,51)52)20-24-16-26(40)8-10-28(24)38(36)46;;/h5-12,15-20,45-46H,3-4,13-14,39-40H2,1-2H3,(H,47,48,49)(H,50,51,52);;/q;2*+1/p-2. The number of ether oxygens (including phenoxy) is 2. The smallest absolute Gasteiger partial charge is 0.871 e. The molecule has 0 saturated heterocycles. The number of nitrogens with zero attached hydrogens (tertiary/aromatic N) is 4. The summed E-state index contributed by atoms with van der Waals surface area (Å²) in [5, 5.41) is 43.6. The van der Waals surface area contributed by atoms with Crippen molar-refractivity contribution in [1.82, 2.24) is 0 Å². The summed E-state index contributed by atoms with van der Waals surface area (Å²) in [7, 11) is -9.79. The van der Waals surface area contributed by atoms with Crippen LogP contribution in [-0.4, -0.2) is 39.2 Å². The Morgan fingerprint density at radius 1 is 0.569 bits per heavy atom. The van der Waals surface area contributed by atoms with Gasteiger partial charge in [-0.2, -0.15) is 16.8 Å². The number of hydrogen-bond donors (Lipinski definition) is 4. The number of nitrogen functional groups attached to an aromatic ring is 2. The molecule has 0 aliphatic heterocycles. The summed E-state index contributed by atoms with van der Waals surface area (Å²) >= 11 is 0. The Kier molecular flexibility index (Phi) is 15.3. The van der Waals surface area contributed by atoms with Crippen molar-refractivity contribution in [2.45, 2.75) is 36.5 Å². The van der Waals surface area contributed by atoms with Gasteiger partial charge in [0, 0.05) is 11.4 Å². The molecule has 0 spiro atoms. The Bertz CT molecular complexity index is 2620. The van der Waals surface area contributed by atoms with Crippen LogP contribution in [0.1, 0.15) is 26.7 Å². The zero-order valence-corrected chi connectivity index (χ0v) is 37.5. The summed E-state index contributed by atoms with van der Waals surface area (Å²) in [5.74, 6) is -1.09. The van der Waals surface area contributed by atoms with Gasteiger partial charge in [-0.15, -0.1) is 20.5 Å². The van der Waals surface area contributed by atoms with Crippen LogP contribution in [0.25, 0.3) is 32.7 Å². The molecule has 0 saturated carbocycles. The average Bonchev–Trinajstić information content (AvgIpc) is 3.14. The quantitative estimate of drug-likeness (QED) is 0.0562. The van der Waals surface area contributed by atoms with Crippen molar-refractivity contribution in [2.24, 2.45) is 20.5 Å². The summed E-state index contributed by atoms with van der Waals surface area (Å²) in [6.45, 7) is 4.32. The molecule has 0 bridgehead atoms. The van der Waals surface area contributed by atoms with Crippen LogP contribution in [0.5, 0.6) is 23.0 Å². The second kappa shape index (κ2) is 19.2. The third-order valence-corrected chi connectivity index (χ3v) is 10.1. The maximum Gasteiger partial charge on any atom is 1.00 e. The van der Waals surface area contributed by atoms with Crippen LogP contribution in [-0.2, 0) is 20.2 Å². The minimum atomic E-state index is -4.90. The Morgan fingerprint density at radius 2 is 0.948 bits per heavy atom. The van der Waals surface area contributed by atoms with Crippen LogP contribution in [0.3, 0.4) is 0 Å². The molecule has 6 N–H and O–H groups in total. The molecule has 0 radical (unpaired) electrons. The predicted molar refractivity (Wildman–Crippen MR) is 207 cm³/mol. The van der Waals surface area contributed by atoms with Crippen LogP contribution in [0, 0.1) is 0 Å². The number of azo groups is 2. The molecule has 16 nitrogen and oxygen atoms in total. The molecule has 0 fully saturated rings. The fourth-order valence-electron chi connectivity index (χ4n) is 5.71. The normalized spacial score (nSPS) is 11.9. The minimum Gasteiger partial charge on any atom is -0.871 e. The summed E-state index contributed by atoms with van der Waals surface area (Å²) < 4.78 is 81.0. The molecular weight excluding hydrogens is 811 g/mol. The number of benzene rings is 6. The van der Waals surface area contributed by atoms with E-state index in [4.69, 9.17) is 20.9 Å². The first-order chi connectivity index (χ1) is 26.6. The van der Waals surface area contributed by atoms with Gasteiger partial charge in [-0.05, 0) is 106 Å². The zero-order valence-electron chi connectivity index (χ0n) is 31.8. The number of rotatable bonds is 13. The predicted octanol–water partition coefficient (Wildman–Crippen LogP) is 1.88. The zero-order chi connectivity index (χ0) is 40.4. The largest absolute Gasteiger partial charge is 1.00 e. The monoisotopic (exact) mass is 844 g/mol. The van der Waals surface area contributed by atoms with Crippen molar-refractivity contribution < 1.29 is 105 Å². The first-order valence-corrected chi connectivity index (χ1v) is 19.9. The minimum absolute atomic E-state index is 0. The fraction of sp³-hybridized carbons (Fsp3) is 0.158. The van der Waals surface area contributed by atoms with Crippen molar-refractivity contribution in [3.05, 3.63) is 84.9 Å². The van der Waals surface area contributed by atoms with Crippen LogP contribution in [0.4, 0.5) is 34.1 Å². The maximum absolute atomic E-state index is 13.3. The van der Waals surface area contributed by atoms with E-state index in [0.29, 0.717) is 24.0 Å². The third-order valence-electron chi connectivity index (χ3n) is 8.36. The maximum atomic E-state index is 13.3. The van der Waals surface area contributed by atoms with Gasteiger partial charge in [0.05, 0.1) is 24.6 Å². The second-order valence-corrected chi connectivity index (χ2v) is 15.3. The van der Waals surface area contributed by atoms with E-state index in [2.05, 4.69) is 20.5 Å². The average molecular weight is 845 g/mol. The van der Waals surface area contributed by atoms with E-state index in [1.807, 2.05) is 13.8 Å². The van der Waals surface area contributed by atoms with E-state index >= 15 is 0 Å². The van der Waals surface area contributed by atoms with Gasteiger partial charge in [0.2, 0.25) is 0 Å². The van der Waals surface area contributed by atoms with E-state index < -0.39 is 52.9 Å². The second-order valence-electron chi connectivity index (χ2n) is 12.5. The van der Waals surface area contributed by atoms with E-state index in [0.717, 1.165) is 12.1 Å². The van der Waals surface area contributed by atoms with E-state index in [1.54, 1.807) is 36.4 Å². The van der Waals surface area contributed by atoms with Crippen molar-refractivity contribution in [3.63, 3.8) is 0 Å². The molecule has 6 aromatic carbocycles. The summed E-state index contributed by atoms with van der Waals surface area (Å²) in [6, 6.07) is 20.5. The molecule has 290 valence electrons. The number of nitrogens with two attached hydrogens (primary N) is 2. The van der Waals surface area contributed by atoms with Gasteiger partial charge >= 0.3 is 59.1 Å². The van der Waals surface area contributed by atoms with Crippen molar-refractivity contribution in [1.29, 1.82) is 0 Å². The van der Waals surface area contributed by atoms with Gasteiger partial charge in [-0.3, -0.25) is 9.11 Å². The van der Waals surface area contributed by atoms with Gasteiger partial charge in [0.15, 0.2) is 0 Å². The molecule has 0 heterocycles. The van der Waals surface area contributed by atoms with E-state index in [-0.39, 0.29) is 128 Å². The Hall–Kier alpha value is -4.34. The molecule has 0 aliphatic rings. The van der Waals surface area contributed by atoms with Gasteiger partial charge in [0.1, 0.15) is 32.7 Å². The number of fused-ring (bicyclic) bond motifs is 2. The van der Waals surface area contributed by atoms with Crippen molar-refractivity contribution in [3.8, 4) is 34.1 Å². The van der Waals surface area contributed by atoms with Gasteiger partial charge in [-0.1, -0.05) is 49.6 Å². The first kappa shape index (κ1) is 46.4. The number of hydrogen-bond acceptors (Lipinski definition) is 14. The molecule has 0 aliphatic carbocycles. The van der Waals surface area contributed by atoms with Crippen LogP contribution in [0.15, 0.2) is 115 Å². The molecule has 20 heteroatoms. The van der Waals surface area contributed by atoms with Gasteiger partial charge < -0.3 is 31.2 Å². The molecule has 0 atom stereocenters. The van der Waals surface area contributed by atoms with Crippen LogP contribution in [0.2, 0.25) is 0 Å². The SMILES string of the molecule is CCCOc1cc(-c2ccc(N=Nc3c(S(=O)(=O)O)cc4cc(N)ccc4c3[O-])c(OCCC)c2)ccc1N=Nc1c(S(=O)(=O)O)cc2cc(N)ccc2c1[O-].[Na+].[Na+]. The summed E-state index contributed by atoms with van der Waals surface area (Å²) in [6.07, 6.45) is 1.24. The van der Waals surface area contributed by atoms with Gasteiger partial charge in [0.25, 0.3) is 20.2 Å². The van der Waals surface area contributed by atoms with Crippen LogP contribution >= 0.6 is 0 Å². The van der Waals surface area contributed by atoms with Gasteiger partial charge in [-0.25, -0.2) is 0 Å². The summed E-state index contributed by atoms with van der Waals surface area (Å²) in [4.78, 5) is -1.47. The van der Waals surface area contributed by atoms with E-state index in [1.165, 1.54) is 36.4 Å². The Balaban J connectivity index is 0.00000372. The molecule has 6 rings (SSSR count). The molecule has 0 amide bonds. The fourth-order valence-corrected chi connectivity index (χ4v) is 7.02. The Morgan fingerprint density at radius 3 is 1.29 bits per heavy atom. The van der Waals surface area contributed by atoms with Crippen molar-refractivity contribution in [2.75, 3.05) is 24.7 Å². The summed E-state index contributed by atoms with van der Waals surface area (Å²) in [5.41, 5.74) is 12.5. The molecule has 58 heavy (non-hydrogen) atoms. The molecular formula is C38H34N6Na2O10S2. The molecule has 0 unspecified atom stereocenters. The number of anilines is 2. The van der Waals surface area contributed by atoms with E-state index in [9.17, 15) is 36.2 Å².